The number of amides is 1. The average molecular weight is 258 g/mol. The zero-order valence-corrected chi connectivity index (χ0v) is 11.6. The molecule has 1 N–H and O–H groups in total. The molecular formula is C13H26N2O3. The van der Waals surface area contributed by atoms with E-state index >= 15 is 0 Å². The Bertz CT molecular complexity index is 220. The lowest BCUT2D eigenvalue weighted by atomic mass is 10.2. The van der Waals surface area contributed by atoms with Crippen LogP contribution in [0, 0.1) is 0 Å². The van der Waals surface area contributed by atoms with Crippen LogP contribution in [0.5, 0.6) is 0 Å². The molecule has 1 heterocycles. The van der Waals surface area contributed by atoms with Crippen molar-refractivity contribution in [3.63, 3.8) is 0 Å². The predicted molar refractivity (Wildman–Crippen MR) is 70.6 cm³/mol. The van der Waals surface area contributed by atoms with Gasteiger partial charge in [0.15, 0.2) is 0 Å². The summed E-state index contributed by atoms with van der Waals surface area (Å²) >= 11 is 0. The van der Waals surface area contributed by atoms with Gasteiger partial charge in [-0.15, -0.1) is 0 Å². The van der Waals surface area contributed by atoms with E-state index in [9.17, 15) is 4.79 Å². The van der Waals surface area contributed by atoms with Crippen LogP contribution in [0.2, 0.25) is 0 Å². The molecule has 1 saturated heterocycles. The SMILES string of the molecule is CCOCCN(CCOCC)C(=O)C1CCCN1. The highest BCUT2D eigenvalue weighted by atomic mass is 16.5. The highest BCUT2D eigenvalue weighted by molar-refractivity contribution is 5.82. The van der Waals surface area contributed by atoms with Crippen LogP contribution >= 0.6 is 0 Å². The van der Waals surface area contributed by atoms with Gasteiger partial charge in [-0.25, -0.2) is 0 Å². The third-order valence-corrected chi connectivity index (χ3v) is 3.09. The van der Waals surface area contributed by atoms with Crippen molar-refractivity contribution >= 4 is 5.91 Å². The fraction of sp³-hybridized carbons (Fsp3) is 0.923. The Morgan fingerprint density at radius 2 is 1.83 bits per heavy atom. The third-order valence-electron chi connectivity index (χ3n) is 3.09. The lowest BCUT2D eigenvalue weighted by molar-refractivity contribution is -0.134. The van der Waals surface area contributed by atoms with Gasteiger partial charge in [-0.05, 0) is 33.2 Å². The molecule has 0 saturated carbocycles. The Balaban J connectivity index is 2.38. The van der Waals surface area contributed by atoms with Crippen molar-refractivity contribution in [3.05, 3.63) is 0 Å². The first kappa shape index (κ1) is 15.4. The number of nitrogens with one attached hydrogen (secondary N) is 1. The highest BCUT2D eigenvalue weighted by Gasteiger charge is 2.26. The van der Waals surface area contributed by atoms with Crippen molar-refractivity contribution in [2.45, 2.75) is 32.7 Å². The molecular weight excluding hydrogens is 232 g/mol. The van der Waals surface area contributed by atoms with Crippen molar-refractivity contribution in [3.8, 4) is 0 Å². The Morgan fingerprint density at radius 1 is 1.22 bits per heavy atom. The van der Waals surface area contributed by atoms with Gasteiger partial charge in [-0.2, -0.15) is 0 Å². The number of hydrogen-bond acceptors (Lipinski definition) is 4. The Morgan fingerprint density at radius 3 is 2.28 bits per heavy atom. The second-order valence-electron chi connectivity index (χ2n) is 4.37. The van der Waals surface area contributed by atoms with Gasteiger partial charge in [0.05, 0.1) is 19.3 Å². The van der Waals surface area contributed by atoms with Gasteiger partial charge in [-0.3, -0.25) is 4.79 Å². The van der Waals surface area contributed by atoms with Crippen molar-refractivity contribution < 1.29 is 14.3 Å². The van der Waals surface area contributed by atoms with Crippen LogP contribution in [-0.4, -0.2) is 62.9 Å². The minimum absolute atomic E-state index is 0.00625. The monoisotopic (exact) mass is 258 g/mol. The molecule has 1 amide bonds. The Hall–Kier alpha value is -0.650. The maximum atomic E-state index is 12.3. The van der Waals surface area contributed by atoms with Crippen LogP contribution in [0.4, 0.5) is 0 Å². The number of carbonyl (C=O) groups excluding carboxylic acids is 1. The van der Waals surface area contributed by atoms with E-state index in [1.807, 2.05) is 18.7 Å². The molecule has 1 aliphatic heterocycles. The van der Waals surface area contributed by atoms with E-state index in [0.29, 0.717) is 39.5 Å². The van der Waals surface area contributed by atoms with E-state index in [1.165, 1.54) is 0 Å². The number of hydrogen-bond donors (Lipinski definition) is 1. The summed E-state index contributed by atoms with van der Waals surface area (Å²) < 4.78 is 10.7. The summed E-state index contributed by atoms with van der Waals surface area (Å²) in [6.45, 7) is 8.75. The van der Waals surface area contributed by atoms with Crippen LogP contribution in [0.25, 0.3) is 0 Å². The molecule has 1 aliphatic rings. The van der Waals surface area contributed by atoms with E-state index in [1.54, 1.807) is 0 Å². The maximum absolute atomic E-state index is 12.3. The maximum Gasteiger partial charge on any atom is 0.239 e. The zero-order chi connectivity index (χ0) is 13.2. The molecule has 0 aliphatic carbocycles. The molecule has 0 radical (unpaired) electrons. The fourth-order valence-electron chi connectivity index (χ4n) is 2.09. The molecule has 0 aromatic carbocycles. The van der Waals surface area contributed by atoms with Crippen LogP contribution in [0.15, 0.2) is 0 Å². The molecule has 18 heavy (non-hydrogen) atoms. The van der Waals surface area contributed by atoms with Crippen molar-refractivity contribution in [2.24, 2.45) is 0 Å². The summed E-state index contributed by atoms with van der Waals surface area (Å²) in [6, 6.07) is -0.00625. The van der Waals surface area contributed by atoms with Gasteiger partial charge in [0, 0.05) is 26.3 Å². The van der Waals surface area contributed by atoms with E-state index in [0.717, 1.165) is 19.4 Å². The smallest absolute Gasteiger partial charge is 0.239 e. The molecule has 1 fully saturated rings. The van der Waals surface area contributed by atoms with E-state index in [-0.39, 0.29) is 11.9 Å². The minimum Gasteiger partial charge on any atom is -0.380 e. The first-order valence-electron chi connectivity index (χ1n) is 6.97. The van der Waals surface area contributed by atoms with Gasteiger partial charge < -0.3 is 19.7 Å². The molecule has 1 unspecified atom stereocenters. The summed E-state index contributed by atoms with van der Waals surface area (Å²) in [4.78, 5) is 14.1. The summed E-state index contributed by atoms with van der Waals surface area (Å²) in [6.07, 6.45) is 2.03. The molecule has 5 heteroatoms. The third kappa shape index (κ3) is 5.33. The van der Waals surface area contributed by atoms with Gasteiger partial charge in [0.1, 0.15) is 0 Å². The normalized spacial score (nSPS) is 19.1. The second-order valence-corrected chi connectivity index (χ2v) is 4.37. The van der Waals surface area contributed by atoms with Crippen molar-refractivity contribution in [2.75, 3.05) is 46.1 Å². The van der Waals surface area contributed by atoms with Crippen LogP contribution in [0.3, 0.4) is 0 Å². The molecule has 5 nitrogen and oxygen atoms in total. The first-order chi connectivity index (χ1) is 8.79. The minimum atomic E-state index is -0.00625. The quantitative estimate of drug-likeness (QED) is 0.617. The predicted octanol–water partition coefficient (Wildman–Crippen LogP) is 0.640. The van der Waals surface area contributed by atoms with Gasteiger partial charge in [0.25, 0.3) is 0 Å². The standard InChI is InChI=1S/C13H26N2O3/c1-3-17-10-8-15(9-11-18-4-2)13(16)12-6-5-7-14-12/h12,14H,3-11H2,1-2H3. The Kier molecular flexibility index (Phi) is 7.96. The molecule has 1 atom stereocenters. The molecule has 106 valence electrons. The summed E-state index contributed by atoms with van der Waals surface area (Å²) in [7, 11) is 0. The van der Waals surface area contributed by atoms with Crippen LogP contribution in [0.1, 0.15) is 26.7 Å². The Labute approximate surface area is 110 Å². The number of rotatable bonds is 9. The second kappa shape index (κ2) is 9.30. The largest absolute Gasteiger partial charge is 0.380 e. The molecule has 0 aromatic rings. The molecule has 0 spiro atoms. The number of carbonyl (C=O) groups is 1. The highest BCUT2D eigenvalue weighted by Crippen LogP contribution is 2.08. The zero-order valence-electron chi connectivity index (χ0n) is 11.6. The topological polar surface area (TPSA) is 50.8 Å². The van der Waals surface area contributed by atoms with Crippen molar-refractivity contribution in [1.29, 1.82) is 0 Å². The van der Waals surface area contributed by atoms with Gasteiger partial charge >= 0.3 is 0 Å². The number of ether oxygens (including phenoxy) is 2. The lowest BCUT2D eigenvalue weighted by Crippen LogP contribution is -2.46. The van der Waals surface area contributed by atoms with Gasteiger partial charge in [-0.1, -0.05) is 0 Å². The van der Waals surface area contributed by atoms with E-state index < -0.39 is 0 Å². The van der Waals surface area contributed by atoms with E-state index in [2.05, 4.69) is 5.32 Å². The lowest BCUT2D eigenvalue weighted by Gasteiger charge is -2.25. The summed E-state index contributed by atoms with van der Waals surface area (Å²) in [5.74, 6) is 0.187. The fourth-order valence-corrected chi connectivity index (χ4v) is 2.09. The van der Waals surface area contributed by atoms with Crippen LogP contribution in [-0.2, 0) is 14.3 Å². The van der Waals surface area contributed by atoms with Crippen molar-refractivity contribution in [1.82, 2.24) is 10.2 Å². The van der Waals surface area contributed by atoms with Crippen LogP contribution < -0.4 is 5.32 Å². The molecule has 0 bridgehead atoms. The molecule has 1 rings (SSSR count). The summed E-state index contributed by atoms with van der Waals surface area (Å²) in [5.41, 5.74) is 0. The molecule has 0 aromatic heterocycles. The average Bonchev–Trinajstić information content (AvgIpc) is 2.90. The first-order valence-corrected chi connectivity index (χ1v) is 6.97. The van der Waals surface area contributed by atoms with Gasteiger partial charge in [0.2, 0.25) is 5.91 Å². The van der Waals surface area contributed by atoms with E-state index in [4.69, 9.17) is 9.47 Å². The summed E-state index contributed by atoms with van der Waals surface area (Å²) in [5, 5.41) is 3.24. The number of nitrogens with zero attached hydrogens (tertiary/aromatic N) is 1.